The first-order valence-electron chi connectivity index (χ1n) is 11.2. The van der Waals surface area contributed by atoms with Gasteiger partial charge in [0.2, 0.25) is 11.8 Å². The van der Waals surface area contributed by atoms with Crippen LogP contribution >= 0.6 is 0 Å². The van der Waals surface area contributed by atoms with Gasteiger partial charge in [0.25, 0.3) is 5.91 Å². The number of rotatable bonds is 5. The molecule has 1 saturated carbocycles. The van der Waals surface area contributed by atoms with Gasteiger partial charge in [-0.2, -0.15) is 0 Å². The first-order valence-corrected chi connectivity index (χ1v) is 11.2. The summed E-state index contributed by atoms with van der Waals surface area (Å²) >= 11 is 0. The maximum absolute atomic E-state index is 14.0. The lowest BCUT2D eigenvalue weighted by molar-refractivity contribution is -0.139. The van der Waals surface area contributed by atoms with Crippen molar-refractivity contribution in [3.8, 4) is 0 Å². The highest BCUT2D eigenvalue weighted by Crippen LogP contribution is 2.30. The summed E-state index contributed by atoms with van der Waals surface area (Å²) in [7, 11) is 0. The summed E-state index contributed by atoms with van der Waals surface area (Å²) in [6.07, 6.45) is 6.18. The van der Waals surface area contributed by atoms with E-state index in [1.165, 1.54) is 12.1 Å². The zero-order valence-electron chi connectivity index (χ0n) is 17.3. The molecule has 0 bridgehead atoms. The fraction of sp³-hybridized carbons (Fsp3) is 0.609. The Bertz CT molecular complexity index is 797. The minimum atomic E-state index is -0.526. The van der Waals surface area contributed by atoms with Crippen molar-refractivity contribution in [3.05, 3.63) is 35.6 Å². The van der Waals surface area contributed by atoms with Crippen molar-refractivity contribution in [3.63, 3.8) is 0 Å². The number of hydrogen-bond donors (Lipinski definition) is 1. The van der Waals surface area contributed by atoms with Crippen LogP contribution in [0.15, 0.2) is 24.3 Å². The van der Waals surface area contributed by atoms with Gasteiger partial charge in [-0.05, 0) is 63.0 Å². The SMILES string of the molecule is O=C(N[C@@H](C(=O)N1CCCCC1)C1CCN(C(=O)c2ccccc2F)CC1)C1CC1. The van der Waals surface area contributed by atoms with Gasteiger partial charge in [-0.1, -0.05) is 12.1 Å². The van der Waals surface area contributed by atoms with Crippen molar-refractivity contribution in [1.29, 1.82) is 0 Å². The molecule has 4 rings (SSSR count). The first kappa shape index (κ1) is 20.8. The molecule has 3 amide bonds. The Morgan fingerprint density at radius 2 is 1.57 bits per heavy atom. The lowest BCUT2D eigenvalue weighted by Gasteiger charge is -2.38. The van der Waals surface area contributed by atoms with Crippen molar-refractivity contribution in [2.45, 2.75) is 51.0 Å². The zero-order chi connectivity index (χ0) is 21.1. The van der Waals surface area contributed by atoms with E-state index in [9.17, 15) is 18.8 Å². The molecule has 0 aromatic heterocycles. The second-order valence-electron chi connectivity index (χ2n) is 8.76. The van der Waals surface area contributed by atoms with Crippen LogP contribution in [0, 0.1) is 17.7 Å². The van der Waals surface area contributed by atoms with Gasteiger partial charge in [0.05, 0.1) is 5.56 Å². The molecule has 0 radical (unpaired) electrons. The molecule has 0 unspecified atom stereocenters. The molecule has 1 aliphatic carbocycles. The third-order valence-corrected chi connectivity index (χ3v) is 6.58. The van der Waals surface area contributed by atoms with Gasteiger partial charge in [0, 0.05) is 32.1 Å². The summed E-state index contributed by atoms with van der Waals surface area (Å²) in [5.41, 5.74) is 0.0823. The highest BCUT2D eigenvalue weighted by Gasteiger charge is 2.39. The number of likely N-dealkylation sites (tertiary alicyclic amines) is 2. The van der Waals surface area contributed by atoms with E-state index >= 15 is 0 Å². The average Bonchev–Trinajstić information content (AvgIpc) is 3.63. The average molecular weight is 416 g/mol. The lowest BCUT2D eigenvalue weighted by atomic mass is 9.87. The Hall–Kier alpha value is -2.44. The second kappa shape index (κ2) is 9.14. The second-order valence-corrected chi connectivity index (χ2v) is 8.76. The van der Waals surface area contributed by atoms with Crippen molar-refractivity contribution in [2.75, 3.05) is 26.2 Å². The van der Waals surface area contributed by atoms with E-state index in [0.29, 0.717) is 25.9 Å². The van der Waals surface area contributed by atoms with Crippen LogP contribution in [0.5, 0.6) is 0 Å². The molecule has 2 heterocycles. The zero-order valence-corrected chi connectivity index (χ0v) is 17.3. The third-order valence-electron chi connectivity index (χ3n) is 6.58. The van der Waals surface area contributed by atoms with Crippen LogP contribution < -0.4 is 5.32 Å². The first-order chi connectivity index (χ1) is 14.5. The van der Waals surface area contributed by atoms with E-state index in [2.05, 4.69) is 5.32 Å². The molecule has 0 spiro atoms. The summed E-state index contributed by atoms with van der Waals surface area (Å²) < 4.78 is 14.0. The van der Waals surface area contributed by atoms with Gasteiger partial charge in [-0.25, -0.2) is 4.39 Å². The minimum absolute atomic E-state index is 0.00760. The molecule has 7 heteroatoms. The van der Waals surface area contributed by atoms with Crippen molar-refractivity contribution in [1.82, 2.24) is 15.1 Å². The van der Waals surface area contributed by atoms with Crippen LogP contribution in [-0.2, 0) is 9.59 Å². The predicted molar refractivity (Wildman–Crippen MR) is 110 cm³/mol. The standard InChI is InChI=1S/C23H30FN3O3/c24-19-7-3-2-6-18(19)22(29)27-14-10-16(11-15-27)20(25-21(28)17-8-9-17)23(30)26-12-4-1-5-13-26/h2-3,6-7,16-17,20H,1,4-5,8-15H2,(H,25,28)/t20-/m1/s1. The number of carbonyl (C=O) groups is 3. The van der Waals surface area contributed by atoms with Crippen molar-refractivity contribution >= 4 is 17.7 Å². The van der Waals surface area contributed by atoms with E-state index in [1.54, 1.807) is 17.0 Å². The molecule has 1 atom stereocenters. The largest absolute Gasteiger partial charge is 0.344 e. The van der Waals surface area contributed by atoms with E-state index in [1.807, 2.05) is 4.90 Å². The fourth-order valence-corrected chi connectivity index (χ4v) is 4.55. The van der Waals surface area contributed by atoms with E-state index in [0.717, 1.165) is 45.2 Å². The summed E-state index contributed by atoms with van der Waals surface area (Å²) in [5, 5.41) is 3.04. The quantitative estimate of drug-likeness (QED) is 0.804. The number of hydrogen-bond acceptors (Lipinski definition) is 3. The van der Waals surface area contributed by atoms with Gasteiger partial charge in [0.15, 0.2) is 0 Å². The van der Waals surface area contributed by atoms with Gasteiger partial charge in [0.1, 0.15) is 11.9 Å². The highest BCUT2D eigenvalue weighted by atomic mass is 19.1. The maximum Gasteiger partial charge on any atom is 0.256 e. The molecule has 1 aromatic rings. The Morgan fingerprint density at radius 3 is 2.20 bits per heavy atom. The molecule has 1 N–H and O–H groups in total. The van der Waals surface area contributed by atoms with Crippen molar-refractivity contribution in [2.24, 2.45) is 11.8 Å². The molecule has 30 heavy (non-hydrogen) atoms. The number of benzene rings is 1. The van der Waals surface area contributed by atoms with Crippen LogP contribution in [0.25, 0.3) is 0 Å². The predicted octanol–water partition coefficient (Wildman–Crippen LogP) is 2.59. The Balaban J connectivity index is 1.41. The Labute approximate surface area is 176 Å². The van der Waals surface area contributed by atoms with E-state index < -0.39 is 11.9 Å². The monoisotopic (exact) mass is 415 g/mol. The van der Waals surface area contributed by atoms with Crippen LogP contribution in [0.1, 0.15) is 55.3 Å². The normalized spacial score (nSPS) is 21.2. The minimum Gasteiger partial charge on any atom is -0.344 e. The van der Waals surface area contributed by atoms with Gasteiger partial charge in [-0.3, -0.25) is 14.4 Å². The fourth-order valence-electron chi connectivity index (χ4n) is 4.55. The third kappa shape index (κ3) is 4.65. The molecule has 3 fully saturated rings. The van der Waals surface area contributed by atoms with Gasteiger partial charge >= 0.3 is 0 Å². The van der Waals surface area contributed by atoms with Crippen molar-refractivity contribution < 1.29 is 18.8 Å². The van der Waals surface area contributed by atoms with Crippen LogP contribution in [0.2, 0.25) is 0 Å². The van der Waals surface area contributed by atoms with E-state index in [4.69, 9.17) is 0 Å². The number of nitrogens with zero attached hydrogens (tertiary/aromatic N) is 2. The molecular formula is C23H30FN3O3. The van der Waals surface area contributed by atoms with Crippen LogP contribution in [0.3, 0.4) is 0 Å². The maximum atomic E-state index is 14.0. The number of piperidine rings is 2. The molecule has 2 aliphatic heterocycles. The van der Waals surface area contributed by atoms with Crippen LogP contribution in [-0.4, -0.2) is 59.7 Å². The molecule has 162 valence electrons. The van der Waals surface area contributed by atoms with E-state index in [-0.39, 0.29) is 35.1 Å². The van der Waals surface area contributed by atoms with Crippen LogP contribution in [0.4, 0.5) is 4.39 Å². The summed E-state index contributed by atoms with van der Waals surface area (Å²) in [4.78, 5) is 41.9. The summed E-state index contributed by atoms with van der Waals surface area (Å²) in [6, 6.07) is 5.49. The van der Waals surface area contributed by atoms with Gasteiger partial charge in [-0.15, -0.1) is 0 Å². The lowest BCUT2D eigenvalue weighted by Crippen LogP contribution is -2.55. The number of carbonyl (C=O) groups excluding carboxylic acids is 3. The number of nitrogens with one attached hydrogen (secondary N) is 1. The smallest absolute Gasteiger partial charge is 0.256 e. The molecule has 3 aliphatic rings. The Morgan fingerprint density at radius 1 is 0.900 bits per heavy atom. The topological polar surface area (TPSA) is 69.7 Å². The molecular weight excluding hydrogens is 385 g/mol. The number of amides is 3. The summed E-state index contributed by atoms with van der Waals surface area (Å²) in [6.45, 7) is 2.42. The molecule has 2 saturated heterocycles. The van der Waals surface area contributed by atoms with Gasteiger partial charge < -0.3 is 15.1 Å². The number of halogens is 1. The summed E-state index contributed by atoms with van der Waals surface area (Å²) in [5.74, 6) is -0.791. The molecule has 1 aromatic carbocycles. The highest BCUT2D eigenvalue weighted by molar-refractivity contribution is 5.94. The Kier molecular flexibility index (Phi) is 6.35. The molecule has 6 nitrogen and oxygen atoms in total.